The van der Waals surface area contributed by atoms with E-state index >= 15 is 0 Å². The Morgan fingerprint density at radius 3 is 0.580 bits per heavy atom. The van der Waals surface area contributed by atoms with Gasteiger partial charge in [0, 0.05) is 33.4 Å². The van der Waals surface area contributed by atoms with Gasteiger partial charge in [0.15, 0.2) is 34.7 Å². The second-order valence-electron chi connectivity index (χ2n) is 23.6. The Morgan fingerprint density at radius 1 is 0.284 bits per heavy atom. The second kappa shape index (κ2) is 24.6. The van der Waals surface area contributed by atoms with E-state index < -0.39 is 92.7 Å². The molecular weight excluding hydrogens is 1030 g/mol. The Bertz CT molecular complexity index is 2830. The molecule has 6 N–H and O–H groups in total. The molecule has 15 nitrogen and oxygen atoms in total. The minimum atomic E-state index is -1.68. The second-order valence-corrected chi connectivity index (χ2v) is 23.6. The van der Waals surface area contributed by atoms with E-state index in [0.717, 1.165) is 0 Å². The van der Waals surface area contributed by atoms with Gasteiger partial charge in [-0.1, -0.05) is 146 Å². The Hall–Kier alpha value is -7.02. The highest BCUT2D eigenvalue weighted by Crippen LogP contribution is 2.35. The number of rotatable bonds is 26. The third kappa shape index (κ3) is 16.1. The maximum Gasteiger partial charge on any atom is 0.193 e. The highest BCUT2D eigenvalue weighted by Gasteiger charge is 2.33. The lowest BCUT2D eigenvalue weighted by Crippen LogP contribution is -2.32. The van der Waals surface area contributed by atoms with Gasteiger partial charge in [0.1, 0.15) is 58.0 Å². The van der Waals surface area contributed by atoms with Crippen LogP contribution in [0.3, 0.4) is 0 Å². The lowest BCUT2D eigenvalue weighted by molar-refractivity contribution is -0.100. The van der Waals surface area contributed by atoms with E-state index in [2.05, 4.69) is 0 Å². The van der Waals surface area contributed by atoms with Crippen LogP contribution in [0.2, 0.25) is 0 Å². The molecule has 0 saturated heterocycles. The summed E-state index contributed by atoms with van der Waals surface area (Å²) in [5, 5.41) is 63.5. The minimum absolute atomic E-state index is 0.223. The van der Waals surface area contributed by atoms with Crippen LogP contribution in [0.4, 0.5) is 0 Å². The van der Waals surface area contributed by atoms with Crippen molar-refractivity contribution in [3.63, 3.8) is 0 Å². The summed E-state index contributed by atoms with van der Waals surface area (Å²) in [6.07, 6.45) is -3.89. The standard InChI is InChI=1S/C66H74O15/c1-61(2,73)55(67)45-25-13-39(14-26-45)52(40-15-27-46(28-16-40)56(68)62(3,4)74)79-37-51(81-54(43-21-33-49(34-22-43)59(71)65(9,10)77)44-23-35-50(36-24-44)60(72)66(11,12)78)38-80-53(41-17-29-47(30-18-41)57(69)63(5,6)75)42-19-31-48(32-20-42)58(70)64(7,8)76/h13-36,51-54,73-78H,37-38H2,1-12H3. The summed E-state index contributed by atoms with van der Waals surface area (Å²) in [4.78, 5) is 79.2. The van der Waals surface area contributed by atoms with Gasteiger partial charge < -0.3 is 44.8 Å². The fraction of sp³-hybridized carbons (Fsp3) is 0.364. The van der Waals surface area contributed by atoms with Gasteiger partial charge >= 0.3 is 0 Å². The maximum absolute atomic E-state index is 13.2. The highest BCUT2D eigenvalue weighted by atomic mass is 16.6. The first kappa shape index (κ1) is 63.2. The van der Waals surface area contributed by atoms with Gasteiger partial charge in [-0.3, -0.25) is 28.8 Å². The molecular formula is C66H74O15. The van der Waals surface area contributed by atoms with E-state index in [4.69, 9.17) is 14.2 Å². The molecule has 0 spiro atoms. The highest BCUT2D eigenvalue weighted by molar-refractivity contribution is 6.04. The molecule has 0 radical (unpaired) electrons. The van der Waals surface area contributed by atoms with Gasteiger partial charge in [-0.25, -0.2) is 0 Å². The van der Waals surface area contributed by atoms with Crippen LogP contribution in [0.25, 0.3) is 0 Å². The third-order valence-electron chi connectivity index (χ3n) is 13.4. The predicted molar refractivity (Wildman–Crippen MR) is 305 cm³/mol. The number of hydrogen-bond acceptors (Lipinski definition) is 15. The summed E-state index contributed by atoms with van der Waals surface area (Å²) >= 11 is 0. The SMILES string of the molecule is CC(C)(O)C(=O)c1ccc(C(OCC(COC(c2ccc(C(=O)C(C)(C)O)cc2)c2ccc(C(=O)C(C)(C)O)cc2)OC(c2ccc(C(=O)C(C)(C)O)cc2)c2ccc(C(=O)C(C)(C)O)cc2)c2ccc(C(=O)C(C)(C)O)cc2)cc1. The van der Waals surface area contributed by atoms with E-state index in [0.29, 0.717) is 33.4 Å². The van der Waals surface area contributed by atoms with E-state index in [1.54, 1.807) is 146 Å². The fourth-order valence-corrected chi connectivity index (χ4v) is 8.82. The molecule has 0 aliphatic heterocycles. The molecule has 81 heavy (non-hydrogen) atoms. The molecule has 15 heteroatoms. The summed E-state index contributed by atoms with van der Waals surface area (Å²) in [5.41, 5.74) is -5.36. The quantitative estimate of drug-likeness (QED) is 0.0277. The lowest BCUT2D eigenvalue weighted by atomic mass is 9.92. The summed E-state index contributed by atoms with van der Waals surface area (Å²) in [6, 6.07) is 38.9. The van der Waals surface area contributed by atoms with Crippen LogP contribution < -0.4 is 0 Å². The number of benzene rings is 6. The van der Waals surface area contributed by atoms with Gasteiger partial charge in [0.05, 0.1) is 13.2 Å². The van der Waals surface area contributed by atoms with E-state index in [1.165, 1.54) is 83.1 Å². The zero-order valence-corrected chi connectivity index (χ0v) is 47.9. The van der Waals surface area contributed by atoms with E-state index in [9.17, 15) is 59.4 Å². The molecule has 6 rings (SSSR count). The summed E-state index contributed by atoms with van der Waals surface area (Å²) in [5.74, 6) is -3.11. The smallest absolute Gasteiger partial charge is 0.193 e. The van der Waals surface area contributed by atoms with Crippen molar-refractivity contribution in [1.82, 2.24) is 0 Å². The third-order valence-corrected chi connectivity index (χ3v) is 13.4. The van der Waals surface area contributed by atoms with Crippen LogP contribution in [0.5, 0.6) is 0 Å². The Labute approximate surface area is 473 Å². The van der Waals surface area contributed by atoms with Gasteiger partial charge in [-0.2, -0.15) is 0 Å². The normalized spacial score (nSPS) is 12.8. The van der Waals surface area contributed by atoms with Crippen LogP contribution in [0, 0.1) is 0 Å². The first-order valence-corrected chi connectivity index (χ1v) is 26.6. The molecule has 428 valence electrons. The summed E-state index contributed by atoms with van der Waals surface area (Å²) < 4.78 is 21.0. The Morgan fingerprint density at radius 2 is 0.432 bits per heavy atom. The molecule has 6 aromatic carbocycles. The molecule has 6 aromatic rings. The van der Waals surface area contributed by atoms with Crippen molar-refractivity contribution in [3.05, 3.63) is 212 Å². The van der Waals surface area contributed by atoms with Crippen molar-refractivity contribution in [1.29, 1.82) is 0 Å². The van der Waals surface area contributed by atoms with Crippen molar-refractivity contribution in [3.8, 4) is 0 Å². The van der Waals surface area contributed by atoms with Crippen LogP contribution in [-0.2, 0) is 14.2 Å². The van der Waals surface area contributed by atoms with Crippen LogP contribution in [0.1, 0.15) is 197 Å². The number of ketones is 6. The first-order valence-electron chi connectivity index (χ1n) is 26.6. The Kier molecular flexibility index (Phi) is 19.2. The van der Waals surface area contributed by atoms with Crippen LogP contribution in [0.15, 0.2) is 146 Å². The van der Waals surface area contributed by atoms with Crippen LogP contribution >= 0.6 is 0 Å². The first-order chi connectivity index (χ1) is 37.4. The van der Waals surface area contributed by atoms with Crippen molar-refractivity contribution in [2.75, 3.05) is 13.2 Å². The minimum Gasteiger partial charge on any atom is -0.382 e. The maximum atomic E-state index is 13.2. The summed E-state index contributed by atoms with van der Waals surface area (Å²) in [6.45, 7) is 16.2. The number of ether oxygens (including phenoxy) is 3. The molecule has 0 aliphatic carbocycles. The Balaban J connectivity index is 1.51. The van der Waals surface area contributed by atoms with Gasteiger partial charge in [-0.15, -0.1) is 0 Å². The van der Waals surface area contributed by atoms with Gasteiger partial charge in [0.2, 0.25) is 0 Å². The van der Waals surface area contributed by atoms with Crippen molar-refractivity contribution in [2.24, 2.45) is 0 Å². The average Bonchev–Trinajstić information content (AvgIpc) is 3.46. The number of aliphatic hydroxyl groups is 6. The van der Waals surface area contributed by atoms with Crippen LogP contribution in [-0.4, -0.2) is 118 Å². The molecule has 0 bridgehead atoms. The largest absolute Gasteiger partial charge is 0.382 e. The van der Waals surface area contributed by atoms with Crippen molar-refractivity contribution in [2.45, 2.75) is 141 Å². The molecule has 0 aromatic heterocycles. The zero-order chi connectivity index (χ0) is 60.2. The number of Topliss-reactive ketones (excluding diaryl/α,β-unsaturated/α-hetero) is 6. The average molecular weight is 1110 g/mol. The molecule has 0 saturated carbocycles. The molecule has 0 fully saturated rings. The van der Waals surface area contributed by atoms with Crippen molar-refractivity contribution < 1.29 is 73.6 Å². The number of carbonyl (C=O) groups is 6. The summed E-state index contributed by atoms with van der Waals surface area (Å²) in [7, 11) is 0. The molecule has 0 heterocycles. The van der Waals surface area contributed by atoms with Gasteiger partial charge in [-0.05, 0) is 116 Å². The molecule has 0 amide bonds. The van der Waals surface area contributed by atoms with Gasteiger partial charge in [0.25, 0.3) is 0 Å². The lowest BCUT2D eigenvalue weighted by Gasteiger charge is -2.30. The predicted octanol–water partition coefficient (Wildman–Crippen LogP) is 9.50. The zero-order valence-electron chi connectivity index (χ0n) is 47.9. The topological polar surface area (TPSA) is 251 Å². The molecule has 0 aliphatic rings. The number of hydrogen-bond donors (Lipinski definition) is 6. The monoisotopic (exact) mass is 1110 g/mol. The fourth-order valence-electron chi connectivity index (χ4n) is 8.82. The van der Waals surface area contributed by atoms with E-state index in [1.807, 2.05) is 0 Å². The van der Waals surface area contributed by atoms with E-state index in [-0.39, 0.29) is 46.6 Å². The molecule has 0 unspecified atom stereocenters. The van der Waals surface area contributed by atoms with Crippen molar-refractivity contribution >= 4 is 34.7 Å². The molecule has 0 atom stereocenters. The number of carbonyl (C=O) groups excluding carboxylic acids is 6.